The van der Waals surface area contributed by atoms with Crippen LogP contribution in [0.15, 0.2) is 0 Å². The van der Waals surface area contributed by atoms with Crippen LogP contribution in [0, 0.1) is 5.92 Å². The zero-order chi connectivity index (χ0) is 15.3. The maximum absolute atomic E-state index is 12.6. The van der Waals surface area contributed by atoms with E-state index >= 15 is 0 Å². The minimum Gasteiger partial charge on any atom is -0.356 e. The Morgan fingerprint density at radius 2 is 1.90 bits per heavy atom. The summed E-state index contributed by atoms with van der Waals surface area (Å²) in [7, 11) is -3.24. The molecule has 1 heterocycles. The Kier molecular flexibility index (Phi) is 6.05. The van der Waals surface area contributed by atoms with Crippen LogP contribution in [0.3, 0.4) is 0 Å². The van der Waals surface area contributed by atoms with Crippen LogP contribution < -0.4 is 5.32 Å². The summed E-state index contributed by atoms with van der Waals surface area (Å²) in [4.78, 5) is 12.3. The second kappa shape index (κ2) is 7.58. The van der Waals surface area contributed by atoms with Crippen molar-refractivity contribution in [2.24, 2.45) is 5.92 Å². The average molecular weight is 316 g/mol. The van der Waals surface area contributed by atoms with E-state index in [-0.39, 0.29) is 23.6 Å². The lowest BCUT2D eigenvalue weighted by atomic mass is 10.0. The molecular formula is C15H28N2O3S. The van der Waals surface area contributed by atoms with Crippen LogP contribution in [0.4, 0.5) is 0 Å². The van der Waals surface area contributed by atoms with Gasteiger partial charge in [0.15, 0.2) is 0 Å². The predicted molar refractivity (Wildman–Crippen MR) is 83.4 cm³/mol. The van der Waals surface area contributed by atoms with Gasteiger partial charge in [0.2, 0.25) is 15.9 Å². The van der Waals surface area contributed by atoms with Crippen molar-refractivity contribution in [1.82, 2.24) is 9.62 Å². The van der Waals surface area contributed by atoms with Gasteiger partial charge in [-0.2, -0.15) is 4.31 Å². The van der Waals surface area contributed by atoms with Gasteiger partial charge in [-0.15, -0.1) is 0 Å². The molecule has 2 fully saturated rings. The van der Waals surface area contributed by atoms with E-state index in [4.69, 9.17) is 0 Å². The maximum Gasteiger partial charge on any atom is 0.224 e. The van der Waals surface area contributed by atoms with Crippen molar-refractivity contribution in [3.8, 4) is 0 Å². The summed E-state index contributed by atoms with van der Waals surface area (Å²) in [6.07, 6.45) is 7.19. The highest BCUT2D eigenvalue weighted by molar-refractivity contribution is 7.89. The summed E-state index contributed by atoms with van der Waals surface area (Å²) in [5.41, 5.74) is 0. The van der Waals surface area contributed by atoms with E-state index in [2.05, 4.69) is 5.32 Å². The molecule has 1 aliphatic heterocycles. The minimum atomic E-state index is -3.24. The van der Waals surface area contributed by atoms with Crippen LogP contribution in [0.25, 0.3) is 0 Å². The van der Waals surface area contributed by atoms with Gasteiger partial charge in [0.1, 0.15) is 0 Å². The summed E-state index contributed by atoms with van der Waals surface area (Å²) < 4.78 is 26.8. The molecule has 2 aliphatic rings. The topological polar surface area (TPSA) is 66.5 Å². The van der Waals surface area contributed by atoms with Crippen molar-refractivity contribution in [1.29, 1.82) is 0 Å². The second-order valence-electron chi connectivity index (χ2n) is 6.24. The first-order valence-corrected chi connectivity index (χ1v) is 9.94. The number of nitrogens with one attached hydrogen (secondary N) is 1. The van der Waals surface area contributed by atoms with E-state index in [9.17, 15) is 13.2 Å². The van der Waals surface area contributed by atoms with Crippen LogP contribution in [-0.4, -0.2) is 43.5 Å². The van der Waals surface area contributed by atoms with Crippen molar-refractivity contribution in [2.45, 2.75) is 64.3 Å². The number of sulfonamides is 1. The number of hydrogen-bond donors (Lipinski definition) is 1. The number of rotatable bonds is 3. The zero-order valence-electron chi connectivity index (χ0n) is 13.0. The maximum atomic E-state index is 12.6. The third-order valence-electron chi connectivity index (χ3n) is 4.61. The van der Waals surface area contributed by atoms with E-state index < -0.39 is 10.0 Å². The molecule has 0 spiro atoms. The third kappa shape index (κ3) is 4.19. The van der Waals surface area contributed by atoms with Gasteiger partial charge in [-0.25, -0.2) is 8.42 Å². The molecule has 1 aliphatic carbocycles. The van der Waals surface area contributed by atoms with Gasteiger partial charge in [-0.05, 0) is 32.1 Å². The molecule has 2 atom stereocenters. The highest BCUT2D eigenvalue weighted by atomic mass is 32.2. The van der Waals surface area contributed by atoms with Crippen molar-refractivity contribution in [2.75, 3.05) is 18.8 Å². The summed E-state index contributed by atoms with van der Waals surface area (Å²) in [5, 5.41) is 3.00. The van der Waals surface area contributed by atoms with E-state index in [0.717, 1.165) is 51.5 Å². The number of hydrogen-bond acceptors (Lipinski definition) is 3. The quantitative estimate of drug-likeness (QED) is 0.864. The van der Waals surface area contributed by atoms with Crippen LogP contribution in [-0.2, 0) is 14.8 Å². The highest BCUT2D eigenvalue weighted by Gasteiger charge is 2.41. The summed E-state index contributed by atoms with van der Waals surface area (Å²) >= 11 is 0. The molecule has 0 radical (unpaired) electrons. The Bertz CT molecular complexity index is 450. The summed E-state index contributed by atoms with van der Waals surface area (Å²) in [6.45, 7) is 3.20. The molecule has 0 bridgehead atoms. The molecule has 0 unspecified atom stereocenters. The SMILES string of the molecule is CCCS(=O)(=O)N1CCCCCCNC(=O)[C@@H]2CCC[C@@H]21. The van der Waals surface area contributed by atoms with Gasteiger partial charge in [-0.1, -0.05) is 26.2 Å². The zero-order valence-corrected chi connectivity index (χ0v) is 13.8. The third-order valence-corrected chi connectivity index (χ3v) is 6.70. The number of carbonyl (C=O) groups is 1. The molecule has 2 rings (SSSR count). The lowest BCUT2D eigenvalue weighted by Crippen LogP contribution is -2.47. The largest absolute Gasteiger partial charge is 0.356 e. The molecule has 6 heteroatoms. The molecule has 1 saturated heterocycles. The van der Waals surface area contributed by atoms with Crippen molar-refractivity contribution in [3.05, 3.63) is 0 Å². The fourth-order valence-corrected chi connectivity index (χ4v) is 5.39. The van der Waals surface area contributed by atoms with Gasteiger partial charge < -0.3 is 5.32 Å². The first kappa shape index (κ1) is 16.7. The van der Waals surface area contributed by atoms with E-state index in [1.165, 1.54) is 0 Å². The summed E-state index contributed by atoms with van der Waals surface area (Å²) in [5.74, 6) is 0.0866. The molecule has 1 N–H and O–H groups in total. The Labute approximate surface area is 128 Å². The summed E-state index contributed by atoms with van der Waals surface area (Å²) in [6, 6.07) is -0.125. The van der Waals surface area contributed by atoms with Crippen molar-refractivity contribution in [3.63, 3.8) is 0 Å². The van der Waals surface area contributed by atoms with Crippen molar-refractivity contribution >= 4 is 15.9 Å². The molecule has 21 heavy (non-hydrogen) atoms. The molecule has 0 aromatic rings. The molecule has 1 saturated carbocycles. The Morgan fingerprint density at radius 1 is 1.14 bits per heavy atom. The Hall–Kier alpha value is -0.620. The van der Waals surface area contributed by atoms with Crippen LogP contribution in [0.2, 0.25) is 0 Å². The normalized spacial score (nSPS) is 29.5. The first-order chi connectivity index (χ1) is 10.1. The molecule has 0 aromatic carbocycles. The number of amides is 1. The Morgan fingerprint density at radius 3 is 2.67 bits per heavy atom. The van der Waals surface area contributed by atoms with Crippen LogP contribution >= 0.6 is 0 Å². The number of carbonyl (C=O) groups excluding carboxylic acids is 1. The van der Waals surface area contributed by atoms with Gasteiger partial charge in [0.05, 0.1) is 11.7 Å². The second-order valence-corrected chi connectivity index (χ2v) is 8.28. The van der Waals surface area contributed by atoms with Gasteiger partial charge in [-0.3, -0.25) is 4.79 Å². The highest BCUT2D eigenvalue weighted by Crippen LogP contribution is 2.32. The van der Waals surface area contributed by atoms with Crippen LogP contribution in [0.1, 0.15) is 58.3 Å². The molecule has 1 amide bonds. The smallest absolute Gasteiger partial charge is 0.224 e. The van der Waals surface area contributed by atoms with Crippen LogP contribution in [0.5, 0.6) is 0 Å². The number of nitrogens with zero attached hydrogens (tertiary/aromatic N) is 1. The fourth-order valence-electron chi connectivity index (χ4n) is 3.57. The van der Waals surface area contributed by atoms with E-state index in [1.54, 1.807) is 4.31 Å². The van der Waals surface area contributed by atoms with E-state index in [0.29, 0.717) is 13.0 Å². The molecule has 5 nitrogen and oxygen atoms in total. The van der Waals surface area contributed by atoms with Crippen molar-refractivity contribution < 1.29 is 13.2 Å². The fraction of sp³-hybridized carbons (Fsp3) is 0.933. The lowest BCUT2D eigenvalue weighted by Gasteiger charge is -2.31. The van der Waals surface area contributed by atoms with Gasteiger partial charge >= 0.3 is 0 Å². The molecule has 0 aromatic heterocycles. The lowest BCUT2D eigenvalue weighted by molar-refractivity contribution is -0.125. The molecular weight excluding hydrogens is 288 g/mol. The monoisotopic (exact) mass is 316 g/mol. The number of fused-ring (bicyclic) bond motifs is 1. The average Bonchev–Trinajstić information content (AvgIpc) is 2.88. The molecule has 122 valence electrons. The first-order valence-electron chi connectivity index (χ1n) is 8.33. The minimum absolute atomic E-state index is 0.0519. The van der Waals surface area contributed by atoms with Gasteiger partial charge in [0.25, 0.3) is 0 Å². The van der Waals surface area contributed by atoms with Gasteiger partial charge in [0, 0.05) is 19.1 Å². The Balaban J connectivity index is 2.22. The standard InChI is InChI=1S/C15H28N2O3S/c1-2-12-21(19,20)17-11-6-4-3-5-10-16-15(18)13-8-7-9-14(13)17/h13-14H,2-12H2,1H3,(H,16,18)/t13-,14+/m1/s1. The predicted octanol–water partition coefficient (Wildman–Crippen LogP) is 1.89. The van der Waals surface area contributed by atoms with E-state index in [1.807, 2.05) is 6.92 Å².